The number of aryl methyl sites for hydroxylation is 1. The molecule has 0 aliphatic carbocycles. The largest absolute Gasteiger partial charge is 0.482 e. The lowest BCUT2D eigenvalue weighted by Crippen LogP contribution is -2.53. The highest BCUT2D eigenvalue weighted by atomic mass is 35.5. The van der Waals surface area contributed by atoms with E-state index in [2.05, 4.69) is 5.32 Å². The maximum atomic E-state index is 13.0. The van der Waals surface area contributed by atoms with Gasteiger partial charge < -0.3 is 15.0 Å². The predicted octanol–water partition coefficient (Wildman–Crippen LogP) is 4.36. The average molecular weight is 417 g/mol. The molecular weight excluding hydrogens is 388 g/mol. The van der Waals surface area contributed by atoms with Gasteiger partial charge in [-0.1, -0.05) is 48.0 Å². The van der Waals surface area contributed by atoms with Crippen molar-refractivity contribution < 1.29 is 14.3 Å². The molecule has 1 N–H and O–H groups in total. The molecule has 2 aromatic rings. The molecule has 0 spiro atoms. The van der Waals surface area contributed by atoms with Crippen molar-refractivity contribution in [2.45, 2.75) is 52.7 Å². The maximum absolute atomic E-state index is 13.0. The fourth-order valence-corrected chi connectivity index (χ4v) is 3.00. The quantitative estimate of drug-likeness (QED) is 0.729. The SMILES string of the molecule is Cc1ccccc1CN(C(=O)COc1ccccc1Cl)[C@@H](C)C(=O)NC(C)(C)C. The summed E-state index contributed by atoms with van der Waals surface area (Å²) < 4.78 is 5.62. The van der Waals surface area contributed by atoms with Crippen molar-refractivity contribution >= 4 is 23.4 Å². The van der Waals surface area contributed by atoms with Gasteiger partial charge in [-0.3, -0.25) is 9.59 Å². The third kappa shape index (κ3) is 6.79. The molecule has 0 saturated heterocycles. The lowest BCUT2D eigenvalue weighted by atomic mass is 10.1. The van der Waals surface area contributed by atoms with Gasteiger partial charge in [-0.15, -0.1) is 0 Å². The minimum atomic E-state index is -0.656. The molecule has 0 saturated carbocycles. The third-order valence-electron chi connectivity index (χ3n) is 4.46. The first kappa shape index (κ1) is 22.8. The fraction of sp³-hybridized carbons (Fsp3) is 0.391. The fourth-order valence-electron chi connectivity index (χ4n) is 2.81. The van der Waals surface area contributed by atoms with Crippen molar-refractivity contribution in [2.24, 2.45) is 0 Å². The Morgan fingerprint density at radius 3 is 2.34 bits per heavy atom. The summed E-state index contributed by atoms with van der Waals surface area (Å²) in [5.74, 6) is -0.0629. The second-order valence-corrected chi connectivity index (χ2v) is 8.49. The van der Waals surface area contributed by atoms with Gasteiger partial charge in [0.25, 0.3) is 5.91 Å². The summed E-state index contributed by atoms with van der Waals surface area (Å²) >= 11 is 6.11. The summed E-state index contributed by atoms with van der Waals surface area (Å²) in [4.78, 5) is 27.3. The highest BCUT2D eigenvalue weighted by molar-refractivity contribution is 6.32. The highest BCUT2D eigenvalue weighted by Crippen LogP contribution is 2.23. The maximum Gasteiger partial charge on any atom is 0.261 e. The van der Waals surface area contributed by atoms with Crippen molar-refractivity contribution in [2.75, 3.05) is 6.61 Å². The third-order valence-corrected chi connectivity index (χ3v) is 4.77. The van der Waals surface area contributed by atoms with Crippen molar-refractivity contribution in [3.8, 4) is 5.75 Å². The number of hydrogen-bond acceptors (Lipinski definition) is 3. The Bertz CT molecular complexity index is 861. The normalized spacial score (nSPS) is 12.2. The molecule has 0 bridgehead atoms. The number of amides is 2. The lowest BCUT2D eigenvalue weighted by Gasteiger charge is -2.31. The van der Waals surface area contributed by atoms with E-state index in [0.29, 0.717) is 17.3 Å². The van der Waals surface area contributed by atoms with Crippen LogP contribution in [0.25, 0.3) is 0 Å². The Labute approximate surface area is 178 Å². The van der Waals surface area contributed by atoms with Gasteiger partial charge in [-0.05, 0) is 57.9 Å². The van der Waals surface area contributed by atoms with E-state index in [-0.39, 0.29) is 18.4 Å². The summed E-state index contributed by atoms with van der Waals surface area (Å²) in [5.41, 5.74) is 1.64. The molecule has 5 nitrogen and oxygen atoms in total. The summed E-state index contributed by atoms with van der Waals surface area (Å²) in [7, 11) is 0. The van der Waals surface area contributed by atoms with Crippen LogP contribution in [-0.2, 0) is 16.1 Å². The number of carbonyl (C=O) groups is 2. The number of rotatable bonds is 7. The first-order valence-corrected chi connectivity index (χ1v) is 9.99. The van der Waals surface area contributed by atoms with Gasteiger partial charge in [0, 0.05) is 12.1 Å². The van der Waals surface area contributed by atoms with Crippen molar-refractivity contribution in [1.29, 1.82) is 0 Å². The highest BCUT2D eigenvalue weighted by Gasteiger charge is 2.29. The summed E-state index contributed by atoms with van der Waals surface area (Å²) in [5, 5.41) is 3.38. The van der Waals surface area contributed by atoms with Crippen molar-refractivity contribution in [3.63, 3.8) is 0 Å². The van der Waals surface area contributed by atoms with Crippen molar-refractivity contribution in [1.82, 2.24) is 10.2 Å². The molecule has 0 fully saturated rings. The van der Waals surface area contributed by atoms with E-state index in [1.807, 2.05) is 52.0 Å². The van der Waals surface area contributed by atoms with Crippen LogP contribution in [-0.4, -0.2) is 34.9 Å². The summed E-state index contributed by atoms with van der Waals surface area (Å²) in [6, 6.07) is 14.1. The Morgan fingerprint density at radius 2 is 1.72 bits per heavy atom. The minimum absolute atomic E-state index is 0.206. The molecule has 156 valence electrons. The second-order valence-electron chi connectivity index (χ2n) is 8.08. The Morgan fingerprint density at radius 1 is 1.10 bits per heavy atom. The molecule has 2 amide bonds. The molecular formula is C23H29ClN2O3. The van der Waals surface area contributed by atoms with E-state index in [9.17, 15) is 9.59 Å². The number of nitrogens with one attached hydrogen (secondary N) is 1. The number of halogens is 1. The number of benzene rings is 2. The molecule has 29 heavy (non-hydrogen) atoms. The Hall–Kier alpha value is -2.53. The van der Waals surface area contributed by atoms with E-state index in [1.54, 1.807) is 36.1 Å². The van der Waals surface area contributed by atoms with Crippen LogP contribution in [0.3, 0.4) is 0 Å². The smallest absolute Gasteiger partial charge is 0.261 e. The van der Waals surface area contributed by atoms with Crippen LogP contribution in [0.15, 0.2) is 48.5 Å². The molecule has 0 unspecified atom stereocenters. The first-order valence-electron chi connectivity index (χ1n) is 9.62. The predicted molar refractivity (Wildman–Crippen MR) is 116 cm³/mol. The number of nitrogens with zero attached hydrogens (tertiary/aromatic N) is 1. The van der Waals surface area contributed by atoms with Crippen LogP contribution >= 0.6 is 11.6 Å². The van der Waals surface area contributed by atoms with Crippen LogP contribution in [0.5, 0.6) is 5.75 Å². The standard InChI is InChI=1S/C23H29ClN2O3/c1-16-10-6-7-11-18(16)14-26(17(2)22(28)25-23(3,4)5)21(27)15-29-20-13-9-8-12-19(20)24/h6-13,17H,14-15H2,1-5H3,(H,25,28)/t17-/m0/s1. The second kappa shape index (κ2) is 9.79. The molecule has 0 heterocycles. The molecule has 0 aliphatic heterocycles. The molecule has 2 aromatic carbocycles. The number of ether oxygens (including phenoxy) is 1. The molecule has 0 aliphatic rings. The van der Waals surface area contributed by atoms with Gasteiger partial charge in [0.1, 0.15) is 11.8 Å². The summed E-state index contributed by atoms with van der Waals surface area (Å²) in [6.07, 6.45) is 0. The zero-order valence-electron chi connectivity index (χ0n) is 17.7. The molecule has 6 heteroatoms. The van der Waals surface area contributed by atoms with Gasteiger partial charge in [-0.2, -0.15) is 0 Å². The molecule has 2 rings (SSSR count). The average Bonchev–Trinajstić information content (AvgIpc) is 2.64. The van der Waals surface area contributed by atoms with Crippen molar-refractivity contribution in [3.05, 3.63) is 64.7 Å². The molecule has 1 atom stereocenters. The van der Waals surface area contributed by atoms with Gasteiger partial charge in [-0.25, -0.2) is 0 Å². The van der Waals surface area contributed by atoms with E-state index in [1.165, 1.54) is 0 Å². The monoisotopic (exact) mass is 416 g/mol. The van der Waals surface area contributed by atoms with E-state index >= 15 is 0 Å². The van der Waals surface area contributed by atoms with Gasteiger partial charge in [0.2, 0.25) is 5.91 Å². The van der Waals surface area contributed by atoms with E-state index in [4.69, 9.17) is 16.3 Å². The first-order chi connectivity index (χ1) is 13.6. The van der Waals surface area contributed by atoms with Crippen LogP contribution in [0.4, 0.5) is 0 Å². The van der Waals surface area contributed by atoms with Crippen LogP contribution < -0.4 is 10.1 Å². The van der Waals surface area contributed by atoms with Crippen LogP contribution in [0, 0.1) is 6.92 Å². The number of para-hydroxylation sites is 1. The van der Waals surface area contributed by atoms with Crippen LogP contribution in [0.1, 0.15) is 38.8 Å². The van der Waals surface area contributed by atoms with Gasteiger partial charge in [0.05, 0.1) is 5.02 Å². The zero-order chi connectivity index (χ0) is 21.6. The lowest BCUT2D eigenvalue weighted by molar-refractivity contribution is -0.142. The van der Waals surface area contributed by atoms with E-state index in [0.717, 1.165) is 11.1 Å². The topological polar surface area (TPSA) is 58.6 Å². The van der Waals surface area contributed by atoms with Crippen LogP contribution in [0.2, 0.25) is 5.02 Å². The van der Waals surface area contributed by atoms with Gasteiger partial charge in [0.15, 0.2) is 6.61 Å². The minimum Gasteiger partial charge on any atom is -0.482 e. The zero-order valence-corrected chi connectivity index (χ0v) is 18.4. The van der Waals surface area contributed by atoms with E-state index < -0.39 is 11.6 Å². The van der Waals surface area contributed by atoms with Gasteiger partial charge >= 0.3 is 0 Å². The number of hydrogen-bond donors (Lipinski definition) is 1. The molecule has 0 radical (unpaired) electrons. The number of carbonyl (C=O) groups excluding carboxylic acids is 2. The summed E-state index contributed by atoms with van der Waals surface area (Å²) in [6.45, 7) is 9.55. The Balaban J connectivity index is 2.20. The Kier molecular flexibility index (Phi) is 7.68. The molecule has 0 aromatic heterocycles.